The van der Waals surface area contributed by atoms with Crippen molar-refractivity contribution in [3.63, 3.8) is 0 Å². The van der Waals surface area contributed by atoms with Gasteiger partial charge in [0, 0.05) is 5.75 Å². The molecule has 0 aromatic heterocycles. The first-order chi connectivity index (χ1) is 9.50. The molecule has 0 radical (unpaired) electrons. The molecule has 1 aromatic carbocycles. The molecule has 0 fully saturated rings. The smallest absolute Gasteiger partial charge is 0.327 e. The molecule has 1 unspecified atom stereocenters. The minimum absolute atomic E-state index is 0.124. The van der Waals surface area contributed by atoms with Crippen molar-refractivity contribution in [2.75, 3.05) is 25.2 Å². The first kappa shape index (κ1) is 16.7. The second-order valence-corrected chi connectivity index (χ2v) is 6.88. The molecule has 1 N–H and O–H groups in total. The van der Waals surface area contributed by atoms with Crippen molar-refractivity contribution in [3.8, 4) is 0 Å². The predicted octanol–water partition coefficient (Wildman–Crippen LogP) is 1.32. The van der Waals surface area contributed by atoms with Gasteiger partial charge in [-0.2, -0.15) is 0 Å². The fourth-order valence-corrected chi connectivity index (χ4v) is 2.66. The molecule has 1 atom stereocenters. The van der Waals surface area contributed by atoms with Crippen molar-refractivity contribution in [1.82, 2.24) is 5.32 Å². The van der Waals surface area contributed by atoms with E-state index in [0.29, 0.717) is 13.0 Å². The molecule has 5 nitrogen and oxygen atoms in total. The van der Waals surface area contributed by atoms with Crippen LogP contribution in [0.2, 0.25) is 0 Å². The fraction of sp³-hybridized carbons (Fsp3) is 0.500. The van der Waals surface area contributed by atoms with Crippen molar-refractivity contribution >= 4 is 15.8 Å². The van der Waals surface area contributed by atoms with Gasteiger partial charge in [0.15, 0.2) is 0 Å². The number of esters is 1. The normalized spacial score (nSPS) is 12.9. The molecule has 0 saturated carbocycles. The lowest BCUT2D eigenvalue weighted by molar-refractivity contribution is -0.143. The average Bonchev–Trinajstić information content (AvgIpc) is 2.47. The minimum atomic E-state index is -2.96. The summed E-state index contributed by atoms with van der Waals surface area (Å²) in [6.45, 7) is 2.07. The Morgan fingerprint density at radius 3 is 2.50 bits per heavy atom. The molecule has 0 bridgehead atoms. The van der Waals surface area contributed by atoms with Crippen molar-refractivity contribution in [2.24, 2.45) is 0 Å². The summed E-state index contributed by atoms with van der Waals surface area (Å²) in [7, 11) is -1.63. The number of rotatable bonds is 8. The van der Waals surface area contributed by atoms with Gasteiger partial charge in [-0.15, -0.1) is 0 Å². The fourth-order valence-electron chi connectivity index (χ4n) is 1.78. The van der Waals surface area contributed by atoms with Gasteiger partial charge in [-0.05, 0) is 18.5 Å². The molecule has 0 spiro atoms. The summed E-state index contributed by atoms with van der Waals surface area (Å²) >= 11 is 0. The molecule has 0 saturated heterocycles. The SMILES string of the molecule is CCS(=O)(=O)CCCNC(C(=O)OC)c1ccccc1. The van der Waals surface area contributed by atoms with E-state index in [9.17, 15) is 13.2 Å². The highest BCUT2D eigenvalue weighted by atomic mass is 32.2. The van der Waals surface area contributed by atoms with Gasteiger partial charge in [0.2, 0.25) is 0 Å². The van der Waals surface area contributed by atoms with Crippen LogP contribution in [0, 0.1) is 0 Å². The van der Waals surface area contributed by atoms with Gasteiger partial charge in [0.25, 0.3) is 0 Å². The third-order valence-corrected chi connectivity index (χ3v) is 4.78. The van der Waals surface area contributed by atoms with E-state index in [1.165, 1.54) is 7.11 Å². The van der Waals surface area contributed by atoms with Crippen molar-refractivity contribution in [3.05, 3.63) is 35.9 Å². The Hall–Kier alpha value is -1.40. The van der Waals surface area contributed by atoms with Crippen LogP contribution in [0.5, 0.6) is 0 Å². The zero-order valence-corrected chi connectivity index (χ0v) is 12.7. The summed E-state index contributed by atoms with van der Waals surface area (Å²) in [5.41, 5.74) is 0.803. The van der Waals surface area contributed by atoms with E-state index in [-0.39, 0.29) is 17.5 Å². The first-order valence-electron chi connectivity index (χ1n) is 6.56. The van der Waals surface area contributed by atoms with E-state index in [0.717, 1.165) is 5.56 Å². The van der Waals surface area contributed by atoms with Crippen LogP contribution >= 0.6 is 0 Å². The number of hydrogen-bond acceptors (Lipinski definition) is 5. The van der Waals surface area contributed by atoms with Crippen LogP contribution in [-0.4, -0.2) is 39.5 Å². The number of methoxy groups -OCH3 is 1. The summed E-state index contributed by atoms with van der Waals surface area (Å²) < 4.78 is 27.5. The molecule has 0 heterocycles. The molecule has 6 heteroatoms. The topological polar surface area (TPSA) is 72.5 Å². The van der Waals surface area contributed by atoms with Crippen LogP contribution in [0.3, 0.4) is 0 Å². The Labute approximate surface area is 120 Å². The maximum absolute atomic E-state index is 11.8. The van der Waals surface area contributed by atoms with E-state index in [1.54, 1.807) is 6.92 Å². The standard InChI is InChI=1S/C14H21NO4S/c1-3-20(17,18)11-7-10-15-13(14(16)19-2)12-8-5-4-6-9-12/h4-6,8-9,13,15H,3,7,10-11H2,1-2H3. The second-order valence-electron chi connectivity index (χ2n) is 4.41. The third kappa shape index (κ3) is 5.30. The number of sulfone groups is 1. The van der Waals surface area contributed by atoms with Crippen molar-refractivity contribution in [1.29, 1.82) is 0 Å². The molecule has 0 aliphatic heterocycles. The summed E-state index contributed by atoms with van der Waals surface area (Å²) in [5.74, 6) is -0.111. The molecule has 0 aliphatic carbocycles. The summed E-state index contributed by atoms with van der Waals surface area (Å²) in [5, 5.41) is 3.04. The highest BCUT2D eigenvalue weighted by Gasteiger charge is 2.20. The lowest BCUT2D eigenvalue weighted by Gasteiger charge is -2.16. The number of benzene rings is 1. The summed E-state index contributed by atoms with van der Waals surface area (Å²) in [6.07, 6.45) is 0.469. The number of ether oxygens (including phenoxy) is 1. The van der Waals surface area contributed by atoms with Gasteiger partial charge < -0.3 is 10.1 Å². The van der Waals surface area contributed by atoms with Gasteiger partial charge >= 0.3 is 5.97 Å². The summed E-state index contributed by atoms with van der Waals surface area (Å²) in [4.78, 5) is 11.8. The molecular formula is C14H21NO4S. The number of nitrogens with one attached hydrogen (secondary N) is 1. The maximum Gasteiger partial charge on any atom is 0.327 e. The molecular weight excluding hydrogens is 278 g/mol. The second kappa shape index (κ2) is 8.01. The molecule has 112 valence electrons. The third-order valence-electron chi connectivity index (χ3n) is 2.99. The Balaban J connectivity index is 2.57. The van der Waals surface area contributed by atoms with Crippen LogP contribution in [0.25, 0.3) is 0 Å². The van der Waals surface area contributed by atoms with Crippen molar-refractivity contribution in [2.45, 2.75) is 19.4 Å². The maximum atomic E-state index is 11.8. The lowest BCUT2D eigenvalue weighted by atomic mass is 10.1. The average molecular weight is 299 g/mol. The Kier molecular flexibility index (Phi) is 6.67. The highest BCUT2D eigenvalue weighted by molar-refractivity contribution is 7.91. The first-order valence-corrected chi connectivity index (χ1v) is 8.39. The minimum Gasteiger partial charge on any atom is -0.468 e. The van der Waals surface area contributed by atoms with E-state index >= 15 is 0 Å². The molecule has 0 amide bonds. The van der Waals surface area contributed by atoms with Crippen LogP contribution < -0.4 is 5.32 Å². The van der Waals surface area contributed by atoms with Crippen LogP contribution in [0.1, 0.15) is 24.9 Å². The Morgan fingerprint density at radius 1 is 1.30 bits per heavy atom. The Morgan fingerprint density at radius 2 is 1.95 bits per heavy atom. The number of carbonyl (C=O) groups is 1. The zero-order valence-electron chi connectivity index (χ0n) is 11.8. The highest BCUT2D eigenvalue weighted by Crippen LogP contribution is 2.14. The largest absolute Gasteiger partial charge is 0.468 e. The Bertz CT molecular complexity index is 513. The molecule has 20 heavy (non-hydrogen) atoms. The van der Waals surface area contributed by atoms with E-state index in [2.05, 4.69) is 5.32 Å². The van der Waals surface area contributed by atoms with Gasteiger partial charge in [0.1, 0.15) is 15.9 Å². The van der Waals surface area contributed by atoms with Gasteiger partial charge in [0.05, 0.1) is 12.9 Å². The van der Waals surface area contributed by atoms with Crippen LogP contribution in [0.15, 0.2) is 30.3 Å². The van der Waals surface area contributed by atoms with Crippen LogP contribution in [-0.2, 0) is 19.4 Å². The number of carbonyl (C=O) groups excluding carboxylic acids is 1. The quantitative estimate of drug-likeness (QED) is 0.579. The molecule has 1 aromatic rings. The predicted molar refractivity (Wildman–Crippen MR) is 78.1 cm³/mol. The monoisotopic (exact) mass is 299 g/mol. The zero-order chi connectivity index (χ0) is 15.0. The van der Waals surface area contributed by atoms with Crippen LogP contribution in [0.4, 0.5) is 0 Å². The van der Waals surface area contributed by atoms with Gasteiger partial charge in [-0.25, -0.2) is 13.2 Å². The molecule has 1 rings (SSSR count). The summed E-state index contributed by atoms with van der Waals surface area (Å²) in [6, 6.07) is 8.65. The van der Waals surface area contributed by atoms with Gasteiger partial charge in [-0.1, -0.05) is 37.3 Å². The van der Waals surface area contributed by atoms with E-state index < -0.39 is 15.9 Å². The van der Waals surface area contributed by atoms with E-state index in [1.807, 2.05) is 30.3 Å². The van der Waals surface area contributed by atoms with Crippen molar-refractivity contribution < 1.29 is 17.9 Å². The molecule has 0 aliphatic rings. The van der Waals surface area contributed by atoms with Gasteiger partial charge in [-0.3, -0.25) is 0 Å². The lowest BCUT2D eigenvalue weighted by Crippen LogP contribution is -2.31. The van der Waals surface area contributed by atoms with E-state index in [4.69, 9.17) is 4.74 Å². The number of hydrogen-bond donors (Lipinski definition) is 1.